The van der Waals surface area contributed by atoms with Crippen molar-refractivity contribution in [3.8, 4) is 56.6 Å². The van der Waals surface area contributed by atoms with E-state index < -0.39 is 21.8 Å². The Morgan fingerprint density at radius 2 is 0.979 bits per heavy atom. The van der Waals surface area contributed by atoms with Crippen molar-refractivity contribution < 1.29 is 51.0 Å². The third-order valence-electron chi connectivity index (χ3n) is 7.07. The van der Waals surface area contributed by atoms with Gasteiger partial charge in [0.05, 0.1) is 0 Å². The second-order valence-electron chi connectivity index (χ2n) is 9.93. The Bertz CT molecular complexity index is 2010. The van der Waals surface area contributed by atoms with Gasteiger partial charge in [0.25, 0.3) is 0 Å². The van der Waals surface area contributed by atoms with Gasteiger partial charge in [-0.15, -0.1) is 0 Å². The van der Waals surface area contributed by atoms with E-state index in [2.05, 4.69) is 61.3 Å². The molecular formula is C37H20BiN5O2PdPt. The topological polar surface area (TPSA) is 82.9 Å². The van der Waals surface area contributed by atoms with Crippen LogP contribution in [0.4, 0.5) is 0 Å². The molecule has 0 spiro atoms. The van der Waals surface area contributed by atoms with E-state index in [1.54, 1.807) is 25.0 Å². The molecule has 230 valence electrons. The van der Waals surface area contributed by atoms with Crippen LogP contribution in [0.15, 0.2) is 122 Å². The zero-order chi connectivity index (χ0) is 30.0. The van der Waals surface area contributed by atoms with Gasteiger partial charge in [0.1, 0.15) is 0 Å². The van der Waals surface area contributed by atoms with Crippen LogP contribution in [0.2, 0.25) is 0 Å². The molecule has 0 bridgehead atoms. The summed E-state index contributed by atoms with van der Waals surface area (Å²) in [5, 5.41) is 0. The molecule has 10 heteroatoms. The number of benzene rings is 4. The molecule has 0 atom stereocenters. The molecule has 8 rings (SSSR count). The molecule has 0 saturated heterocycles. The number of ether oxygens (including phenoxy) is 2. The standard InChI is InChI=1S/C34H18N2O2.C3H2N3.Bi.Pd.Pt/c1-3-21-35-33(11-1)27-7-5-9-31(23-27)37-29-17-13-25(14-18-29)26-15-19-30(20-16-26)38-32-10-6-8-28(24-32)34-12-2-4-22-36-34;1-4-2-6-3-5-1;;;/h1-13,15,17,19,21-22H;1-2H;;;/q-4;;;2*+2. The SMILES string of the molecule is [Pd+2].[Pt+2].[c-]1c(Oc2[c-][c]3c(cc2)-c2ccc(Oc4[c-]c(-c5ccccn5)ccc4)[c-][c]2[Bi]3[c]2ncncn2)cccc1-c1ccccn1. The zero-order valence-electron chi connectivity index (χ0n) is 24.2. The third-order valence-corrected chi connectivity index (χ3v) is 15.7. The van der Waals surface area contributed by atoms with Crippen molar-refractivity contribution in [1.29, 1.82) is 0 Å². The van der Waals surface area contributed by atoms with Crippen molar-refractivity contribution in [2.45, 2.75) is 0 Å². The molecule has 4 heterocycles. The van der Waals surface area contributed by atoms with Crippen LogP contribution in [0.1, 0.15) is 0 Å². The molecule has 7 nitrogen and oxygen atoms in total. The van der Waals surface area contributed by atoms with Gasteiger partial charge in [-0.2, -0.15) is 0 Å². The predicted molar refractivity (Wildman–Crippen MR) is 171 cm³/mol. The van der Waals surface area contributed by atoms with Crippen molar-refractivity contribution in [3.63, 3.8) is 0 Å². The molecular weight excluding hydrogens is 1060 g/mol. The van der Waals surface area contributed by atoms with Crippen LogP contribution in [0.25, 0.3) is 33.6 Å². The molecule has 0 saturated carbocycles. The van der Waals surface area contributed by atoms with Crippen LogP contribution in [-0.4, -0.2) is 46.7 Å². The van der Waals surface area contributed by atoms with Crippen LogP contribution >= 0.6 is 0 Å². The van der Waals surface area contributed by atoms with Gasteiger partial charge >= 0.3 is 311 Å². The van der Waals surface area contributed by atoms with Gasteiger partial charge < -0.3 is 0 Å². The first kappa shape index (κ1) is 32.9. The van der Waals surface area contributed by atoms with E-state index in [4.69, 9.17) is 9.47 Å². The quantitative estimate of drug-likeness (QED) is 0.159. The Morgan fingerprint density at radius 3 is 1.45 bits per heavy atom. The Hall–Kier alpha value is -3.98. The van der Waals surface area contributed by atoms with Crippen LogP contribution < -0.4 is 19.5 Å². The fraction of sp³-hybridized carbons (Fsp3) is 0. The molecule has 1 aliphatic heterocycles. The first-order valence-electron chi connectivity index (χ1n) is 14.1. The van der Waals surface area contributed by atoms with E-state index >= 15 is 0 Å². The maximum atomic E-state index is 6.30. The number of rotatable bonds is 7. The van der Waals surface area contributed by atoms with Crippen molar-refractivity contribution in [1.82, 2.24) is 24.9 Å². The second kappa shape index (κ2) is 14.8. The maximum absolute atomic E-state index is 6.30. The zero-order valence-corrected chi connectivity index (χ0v) is 31.5. The van der Waals surface area contributed by atoms with Gasteiger partial charge in [0, 0.05) is 0 Å². The molecule has 47 heavy (non-hydrogen) atoms. The fourth-order valence-corrected chi connectivity index (χ4v) is 13.9. The molecule has 0 N–H and O–H groups in total. The molecule has 0 fully saturated rings. The van der Waals surface area contributed by atoms with E-state index in [0.717, 1.165) is 43.7 Å². The Labute approximate surface area is 308 Å². The number of hydrogen-bond donors (Lipinski definition) is 0. The number of pyridine rings is 2. The predicted octanol–water partition coefficient (Wildman–Crippen LogP) is 5.27. The van der Waals surface area contributed by atoms with E-state index in [1.165, 1.54) is 0 Å². The summed E-state index contributed by atoms with van der Waals surface area (Å²) in [5.41, 5.74) is 5.55. The molecule has 3 aromatic heterocycles. The molecule has 4 aromatic carbocycles. The Kier molecular flexibility index (Phi) is 10.4. The molecule has 0 amide bonds. The molecule has 0 radical (unpaired) electrons. The third kappa shape index (κ3) is 7.01. The normalized spacial score (nSPS) is 11.4. The fourth-order valence-electron chi connectivity index (χ4n) is 5.09. The first-order valence-corrected chi connectivity index (χ1v) is 19.3. The summed E-state index contributed by atoms with van der Waals surface area (Å²) in [4.78, 5) is 22.1. The number of hydrogen-bond acceptors (Lipinski definition) is 7. The summed E-state index contributed by atoms with van der Waals surface area (Å²) in [5.74, 6) is 2.37. The average Bonchev–Trinajstić information content (AvgIpc) is 3.42. The second-order valence-corrected chi connectivity index (χ2v) is 17.6. The number of nitrogens with zero attached hydrogens (tertiary/aromatic N) is 5. The van der Waals surface area contributed by atoms with E-state index in [9.17, 15) is 0 Å². The minimum absolute atomic E-state index is 0. The Balaban J connectivity index is 0.00000193. The summed E-state index contributed by atoms with van der Waals surface area (Å²) in [6.07, 6.45) is 6.63. The van der Waals surface area contributed by atoms with Gasteiger partial charge in [-0.1, -0.05) is 0 Å². The molecule has 0 unspecified atom stereocenters. The first-order chi connectivity index (χ1) is 22.3. The van der Waals surface area contributed by atoms with Gasteiger partial charge in [-0.25, -0.2) is 0 Å². The summed E-state index contributed by atoms with van der Waals surface area (Å²) < 4.78 is 15.5. The summed E-state index contributed by atoms with van der Waals surface area (Å²) in [6, 6.07) is 45.0. The number of aromatic nitrogens is 5. The van der Waals surface area contributed by atoms with Gasteiger partial charge in [-0.05, 0) is 0 Å². The van der Waals surface area contributed by atoms with Crippen LogP contribution in [-0.2, 0) is 41.5 Å². The number of fused-ring (bicyclic) bond motifs is 3. The van der Waals surface area contributed by atoms with Crippen molar-refractivity contribution in [2.75, 3.05) is 0 Å². The van der Waals surface area contributed by atoms with E-state index in [0.29, 0.717) is 23.0 Å². The molecule has 0 aliphatic carbocycles. The van der Waals surface area contributed by atoms with Crippen molar-refractivity contribution in [3.05, 3.63) is 146 Å². The van der Waals surface area contributed by atoms with E-state index in [1.807, 2.05) is 84.9 Å². The summed E-state index contributed by atoms with van der Waals surface area (Å²) in [7, 11) is 0. The summed E-state index contributed by atoms with van der Waals surface area (Å²) >= 11 is -3.06. The molecule has 1 aliphatic rings. The van der Waals surface area contributed by atoms with Crippen molar-refractivity contribution >= 4 is 31.8 Å². The van der Waals surface area contributed by atoms with Gasteiger partial charge in [-0.3, -0.25) is 0 Å². The molecule has 7 aromatic rings. The Morgan fingerprint density at radius 1 is 0.489 bits per heavy atom. The van der Waals surface area contributed by atoms with Gasteiger partial charge in [0.2, 0.25) is 0 Å². The summed E-state index contributed by atoms with van der Waals surface area (Å²) in [6.45, 7) is 0. The van der Waals surface area contributed by atoms with E-state index in [-0.39, 0.29) is 41.5 Å². The van der Waals surface area contributed by atoms with Crippen molar-refractivity contribution in [2.24, 2.45) is 0 Å². The van der Waals surface area contributed by atoms with Crippen LogP contribution in [0.3, 0.4) is 0 Å². The van der Waals surface area contributed by atoms with Crippen LogP contribution in [0.5, 0.6) is 23.0 Å². The average molecular weight is 1080 g/mol. The van der Waals surface area contributed by atoms with Crippen LogP contribution in [0, 0.1) is 24.3 Å². The van der Waals surface area contributed by atoms with Gasteiger partial charge in [0.15, 0.2) is 0 Å². The minimum atomic E-state index is -3.06. The monoisotopic (exact) mass is 1080 g/mol.